The highest BCUT2D eigenvalue weighted by Gasteiger charge is 2.19. The molecule has 0 radical (unpaired) electrons. The van der Waals surface area contributed by atoms with Crippen molar-refractivity contribution in [1.29, 1.82) is 0 Å². The summed E-state index contributed by atoms with van der Waals surface area (Å²) in [5.74, 6) is 1.80. The Balaban J connectivity index is 1.70. The Bertz CT molecular complexity index is 1120. The lowest BCUT2D eigenvalue weighted by Gasteiger charge is -2.06. The molecule has 146 valence electrons. The molecule has 2 heterocycles. The zero-order valence-electron chi connectivity index (χ0n) is 15.5. The van der Waals surface area contributed by atoms with Gasteiger partial charge < -0.3 is 14.5 Å². The number of rotatable bonds is 6. The van der Waals surface area contributed by atoms with E-state index in [9.17, 15) is 4.79 Å². The summed E-state index contributed by atoms with van der Waals surface area (Å²) in [5.41, 5.74) is 1.16. The quantitative estimate of drug-likeness (QED) is 0.505. The lowest BCUT2D eigenvalue weighted by molar-refractivity contribution is 0.0947. The third kappa shape index (κ3) is 4.14. The fourth-order valence-electron chi connectivity index (χ4n) is 2.75. The lowest BCUT2D eigenvalue weighted by Crippen LogP contribution is -2.17. The minimum atomic E-state index is -0.346. The first-order chi connectivity index (χ1) is 14.1. The van der Waals surface area contributed by atoms with Gasteiger partial charge in [0.2, 0.25) is 5.95 Å². The van der Waals surface area contributed by atoms with Gasteiger partial charge in [0.15, 0.2) is 5.82 Å². The van der Waals surface area contributed by atoms with Gasteiger partial charge in [0, 0.05) is 16.1 Å². The molecule has 0 bridgehead atoms. The summed E-state index contributed by atoms with van der Waals surface area (Å²) in [6, 6.07) is 17.6. The molecule has 0 aliphatic rings. The molecule has 0 aliphatic heterocycles. The van der Waals surface area contributed by atoms with E-state index >= 15 is 0 Å². The first-order valence-corrected chi connectivity index (χ1v) is 9.20. The van der Waals surface area contributed by atoms with E-state index in [2.05, 4.69) is 15.4 Å². The molecule has 4 rings (SSSR count). The monoisotopic (exact) mass is 408 g/mol. The number of furan rings is 1. The molecule has 7 nitrogen and oxygen atoms in total. The van der Waals surface area contributed by atoms with Crippen molar-refractivity contribution in [3.05, 3.63) is 83.3 Å². The van der Waals surface area contributed by atoms with Crippen LogP contribution in [0.1, 0.15) is 16.1 Å². The number of benzene rings is 2. The predicted octanol–water partition coefficient (Wildman–Crippen LogP) is 4.50. The average Bonchev–Trinajstić information content (AvgIpc) is 3.41. The number of anilines is 1. The normalized spacial score (nSPS) is 10.7. The van der Waals surface area contributed by atoms with E-state index in [4.69, 9.17) is 20.8 Å². The van der Waals surface area contributed by atoms with Crippen molar-refractivity contribution in [1.82, 2.24) is 14.8 Å². The van der Waals surface area contributed by atoms with Crippen LogP contribution in [-0.2, 0) is 6.54 Å². The van der Waals surface area contributed by atoms with Gasteiger partial charge in [0.25, 0.3) is 5.91 Å². The molecule has 0 amide bonds. The van der Waals surface area contributed by atoms with Crippen LogP contribution in [0.4, 0.5) is 5.95 Å². The molecule has 0 fully saturated rings. The number of carbonyl (C=O) groups is 1. The number of halogens is 1. The maximum absolute atomic E-state index is 13.0. The van der Waals surface area contributed by atoms with E-state index in [1.54, 1.807) is 43.7 Å². The standard InChI is InChI=1S/C21H17ClN4O3/c1-28-17-9-7-14(8-10-17)19-24-21(23-13-18-6-3-11-29-18)26(25-19)20(27)15-4-2-5-16(22)12-15/h2-12H,13H2,1H3,(H,23,24,25). The summed E-state index contributed by atoms with van der Waals surface area (Å²) in [6.45, 7) is 0.358. The molecule has 0 unspecified atom stereocenters. The van der Waals surface area contributed by atoms with Crippen LogP contribution in [0.5, 0.6) is 5.75 Å². The van der Waals surface area contributed by atoms with Crippen LogP contribution >= 0.6 is 11.6 Å². The van der Waals surface area contributed by atoms with Crippen molar-refractivity contribution in [3.8, 4) is 17.1 Å². The molecule has 0 atom stereocenters. The maximum Gasteiger partial charge on any atom is 0.281 e. The summed E-state index contributed by atoms with van der Waals surface area (Å²) >= 11 is 6.04. The summed E-state index contributed by atoms with van der Waals surface area (Å²) in [5, 5.41) is 8.00. The van der Waals surface area contributed by atoms with E-state index in [1.165, 1.54) is 4.68 Å². The van der Waals surface area contributed by atoms with E-state index < -0.39 is 0 Å². The number of carbonyl (C=O) groups excluding carboxylic acids is 1. The number of nitrogens with one attached hydrogen (secondary N) is 1. The summed E-state index contributed by atoms with van der Waals surface area (Å²) in [7, 11) is 1.60. The highest BCUT2D eigenvalue weighted by molar-refractivity contribution is 6.31. The second-order valence-electron chi connectivity index (χ2n) is 6.15. The lowest BCUT2D eigenvalue weighted by atomic mass is 10.2. The Morgan fingerprint density at radius 1 is 1.17 bits per heavy atom. The van der Waals surface area contributed by atoms with Gasteiger partial charge in [0.1, 0.15) is 11.5 Å². The largest absolute Gasteiger partial charge is 0.497 e. The van der Waals surface area contributed by atoms with Crippen LogP contribution in [0, 0.1) is 0 Å². The molecular formula is C21H17ClN4O3. The SMILES string of the molecule is COc1ccc(-c2nc(NCc3ccco3)n(C(=O)c3cccc(Cl)c3)n2)cc1. The van der Waals surface area contributed by atoms with Crippen molar-refractivity contribution in [3.63, 3.8) is 0 Å². The number of nitrogens with zero attached hydrogens (tertiary/aromatic N) is 3. The molecule has 4 aromatic rings. The molecule has 0 saturated carbocycles. The summed E-state index contributed by atoms with van der Waals surface area (Å²) in [4.78, 5) is 17.6. The van der Waals surface area contributed by atoms with Crippen molar-refractivity contribution < 1.29 is 13.9 Å². The number of aromatic nitrogens is 3. The summed E-state index contributed by atoms with van der Waals surface area (Å²) in [6.07, 6.45) is 1.58. The molecule has 0 aliphatic carbocycles. The number of hydrogen-bond donors (Lipinski definition) is 1. The maximum atomic E-state index is 13.0. The van der Waals surface area contributed by atoms with Gasteiger partial charge >= 0.3 is 0 Å². The topological polar surface area (TPSA) is 82.2 Å². The first-order valence-electron chi connectivity index (χ1n) is 8.82. The second kappa shape index (κ2) is 8.20. The van der Waals surface area contributed by atoms with Crippen LogP contribution < -0.4 is 10.1 Å². The van der Waals surface area contributed by atoms with Gasteiger partial charge in [-0.05, 0) is 54.6 Å². The minimum absolute atomic E-state index is 0.303. The zero-order valence-corrected chi connectivity index (χ0v) is 16.3. The predicted molar refractivity (Wildman–Crippen MR) is 109 cm³/mol. The average molecular weight is 409 g/mol. The first kappa shape index (κ1) is 18.8. The van der Waals surface area contributed by atoms with Crippen molar-refractivity contribution in [2.45, 2.75) is 6.54 Å². The second-order valence-corrected chi connectivity index (χ2v) is 6.58. The van der Waals surface area contributed by atoms with Gasteiger partial charge in [-0.15, -0.1) is 5.10 Å². The van der Waals surface area contributed by atoms with Gasteiger partial charge in [-0.25, -0.2) is 0 Å². The highest BCUT2D eigenvalue weighted by Crippen LogP contribution is 2.22. The van der Waals surface area contributed by atoms with Gasteiger partial charge in [0.05, 0.1) is 19.9 Å². The highest BCUT2D eigenvalue weighted by atomic mass is 35.5. The van der Waals surface area contributed by atoms with Crippen LogP contribution in [-0.4, -0.2) is 27.8 Å². The number of methoxy groups -OCH3 is 1. The molecule has 1 N–H and O–H groups in total. The Morgan fingerprint density at radius 2 is 2.00 bits per heavy atom. The molecule has 2 aromatic heterocycles. The van der Waals surface area contributed by atoms with Gasteiger partial charge in [-0.3, -0.25) is 4.79 Å². The van der Waals surface area contributed by atoms with Crippen LogP contribution in [0.15, 0.2) is 71.3 Å². The fraction of sp³-hybridized carbons (Fsp3) is 0.0952. The van der Waals surface area contributed by atoms with Crippen LogP contribution in [0.25, 0.3) is 11.4 Å². The third-order valence-electron chi connectivity index (χ3n) is 4.22. The van der Waals surface area contributed by atoms with Crippen molar-refractivity contribution in [2.24, 2.45) is 0 Å². The molecule has 29 heavy (non-hydrogen) atoms. The van der Waals surface area contributed by atoms with Crippen molar-refractivity contribution in [2.75, 3.05) is 12.4 Å². The van der Waals surface area contributed by atoms with Crippen LogP contribution in [0.3, 0.4) is 0 Å². The zero-order chi connectivity index (χ0) is 20.2. The molecular weight excluding hydrogens is 392 g/mol. The van der Waals surface area contributed by atoms with Crippen molar-refractivity contribution >= 4 is 23.5 Å². The Labute approximate surface area is 171 Å². The number of hydrogen-bond acceptors (Lipinski definition) is 6. The van der Waals surface area contributed by atoms with E-state index in [0.29, 0.717) is 34.7 Å². The fourth-order valence-corrected chi connectivity index (χ4v) is 2.94. The van der Waals surface area contributed by atoms with Gasteiger partial charge in [-0.2, -0.15) is 9.67 Å². The Morgan fingerprint density at radius 3 is 2.69 bits per heavy atom. The smallest absolute Gasteiger partial charge is 0.281 e. The summed E-state index contributed by atoms with van der Waals surface area (Å²) < 4.78 is 11.8. The molecule has 2 aromatic carbocycles. The van der Waals surface area contributed by atoms with Crippen LogP contribution in [0.2, 0.25) is 5.02 Å². The van der Waals surface area contributed by atoms with Gasteiger partial charge in [-0.1, -0.05) is 17.7 Å². The minimum Gasteiger partial charge on any atom is -0.497 e. The number of ether oxygens (including phenoxy) is 1. The Hall–Kier alpha value is -3.58. The van der Waals surface area contributed by atoms with E-state index in [0.717, 1.165) is 11.3 Å². The van der Waals surface area contributed by atoms with E-state index in [1.807, 2.05) is 30.3 Å². The van der Waals surface area contributed by atoms with E-state index in [-0.39, 0.29) is 5.91 Å². The molecule has 0 spiro atoms. The third-order valence-corrected chi connectivity index (χ3v) is 4.46. The molecule has 0 saturated heterocycles. The molecule has 8 heteroatoms. The Kier molecular flexibility index (Phi) is 5.31.